The molecule has 2 aliphatic carbocycles. The Morgan fingerprint density at radius 1 is 1.08 bits per heavy atom. The summed E-state index contributed by atoms with van der Waals surface area (Å²) in [6, 6.07) is 7.79. The molecule has 1 amide bonds. The molecule has 2 saturated heterocycles. The fourth-order valence-electron chi connectivity index (χ4n) is 7.84. The first kappa shape index (κ1) is 25.9. The summed E-state index contributed by atoms with van der Waals surface area (Å²) in [7, 11) is 0. The number of nitrogens with one attached hydrogen (secondary N) is 2. The molecule has 3 fully saturated rings. The number of hydrogen-bond donors (Lipinski definition) is 2. The minimum Gasteiger partial charge on any atom is -0.365 e. The van der Waals surface area contributed by atoms with E-state index < -0.39 is 28.5 Å². The second-order valence-electron chi connectivity index (χ2n) is 12.2. The fourth-order valence-corrected chi connectivity index (χ4v) is 7.84. The Balaban J connectivity index is 1.44. The molecule has 204 valence electrons. The standard InChI is InChI=1S/C32H36N2O5/c1-17-8-7-10-22-29-31(4,39-29)19(3)27-24(15-20-16-33-23-11-6-5-9-21(20)23)34-30(38)32(22,27)26(36)13-12-25(35)28(37)18(2)14-17/h5-7,9-11,14,16-17,19,22,24,27,29,33H,8,12-13,15H2,1-4H3,(H,34,38)/b10-7+,18-14?/t17-,19-,22-,24-,27-,29-,31+,32+/m0/s1. The van der Waals surface area contributed by atoms with Crippen LogP contribution in [0.5, 0.6) is 0 Å². The van der Waals surface area contributed by atoms with Gasteiger partial charge in [0.15, 0.2) is 0 Å². The van der Waals surface area contributed by atoms with Gasteiger partial charge in [0.25, 0.3) is 0 Å². The number of carbonyl (C=O) groups excluding carboxylic acids is 4. The van der Waals surface area contributed by atoms with Crippen molar-refractivity contribution in [3.63, 3.8) is 0 Å². The van der Waals surface area contributed by atoms with Crippen molar-refractivity contribution in [3.8, 4) is 0 Å². The minimum absolute atomic E-state index is 0.0299. The van der Waals surface area contributed by atoms with Gasteiger partial charge in [-0.25, -0.2) is 0 Å². The third-order valence-electron chi connectivity index (χ3n) is 9.99. The van der Waals surface area contributed by atoms with Crippen molar-refractivity contribution in [3.05, 3.63) is 59.8 Å². The molecule has 0 radical (unpaired) electrons. The number of Topliss-reactive ketones (excluding diaryl/α,β-unsaturated/α-hetero) is 3. The third kappa shape index (κ3) is 3.80. The number of H-pyrrole nitrogens is 1. The molecule has 1 saturated carbocycles. The largest absolute Gasteiger partial charge is 0.365 e. The van der Waals surface area contributed by atoms with E-state index in [0.717, 1.165) is 16.5 Å². The molecule has 0 bridgehead atoms. The van der Waals surface area contributed by atoms with Gasteiger partial charge in [-0.2, -0.15) is 0 Å². The molecule has 7 heteroatoms. The lowest BCUT2D eigenvalue weighted by Crippen LogP contribution is -2.58. The summed E-state index contributed by atoms with van der Waals surface area (Å²) in [5.74, 6) is -2.47. The Hall–Kier alpha value is -3.32. The van der Waals surface area contributed by atoms with E-state index in [-0.39, 0.29) is 54.4 Å². The first-order valence-corrected chi connectivity index (χ1v) is 14.1. The smallest absolute Gasteiger partial charge is 0.235 e. The quantitative estimate of drug-likeness (QED) is 0.262. The van der Waals surface area contributed by atoms with E-state index >= 15 is 0 Å². The summed E-state index contributed by atoms with van der Waals surface area (Å²) in [6.07, 6.45) is 8.46. The van der Waals surface area contributed by atoms with Crippen LogP contribution in [-0.2, 0) is 30.3 Å². The SMILES string of the molecule is CC1=C[C@@H](C)C/C=C/[C@H]2[C@@H]3O[C@]3(C)[C@@H](C)[C@H]3[C@H](Cc4c[nH]c5ccccc45)NC(=O)[C@]32C(=O)CCC(=O)C1=O. The van der Waals surface area contributed by atoms with Gasteiger partial charge in [-0.1, -0.05) is 50.3 Å². The number of aromatic nitrogens is 1. The van der Waals surface area contributed by atoms with Gasteiger partial charge in [0.2, 0.25) is 17.5 Å². The molecule has 2 aromatic rings. The highest BCUT2D eigenvalue weighted by Crippen LogP contribution is 2.66. The van der Waals surface area contributed by atoms with E-state index in [1.165, 1.54) is 0 Å². The Morgan fingerprint density at radius 2 is 1.85 bits per heavy atom. The number of aromatic amines is 1. The lowest BCUT2D eigenvalue weighted by Gasteiger charge is -2.46. The second-order valence-corrected chi connectivity index (χ2v) is 12.2. The molecule has 3 heterocycles. The normalized spacial score (nSPS) is 39.4. The monoisotopic (exact) mass is 528 g/mol. The van der Waals surface area contributed by atoms with Gasteiger partial charge in [-0.3, -0.25) is 19.2 Å². The molecular formula is C32H36N2O5. The average Bonchev–Trinajstić information content (AvgIpc) is 3.31. The number of carbonyl (C=O) groups is 4. The maximum Gasteiger partial charge on any atom is 0.235 e. The van der Waals surface area contributed by atoms with Crippen LogP contribution >= 0.6 is 0 Å². The van der Waals surface area contributed by atoms with Crippen LogP contribution in [0.1, 0.15) is 52.5 Å². The Labute approximate surface area is 228 Å². The van der Waals surface area contributed by atoms with E-state index in [0.29, 0.717) is 18.4 Å². The van der Waals surface area contributed by atoms with Gasteiger partial charge in [0.1, 0.15) is 11.2 Å². The van der Waals surface area contributed by atoms with Crippen molar-refractivity contribution in [2.75, 3.05) is 0 Å². The van der Waals surface area contributed by atoms with E-state index in [4.69, 9.17) is 4.74 Å². The summed E-state index contributed by atoms with van der Waals surface area (Å²) in [6.45, 7) is 7.83. The summed E-state index contributed by atoms with van der Waals surface area (Å²) in [5.41, 5.74) is 0.739. The van der Waals surface area contributed by atoms with Gasteiger partial charge >= 0.3 is 0 Å². The molecule has 7 nitrogen and oxygen atoms in total. The molecule has 8 atom stereocenters. The van der Waals surface area contributed by atoms with Crippen molar-refractivity contribution in [2.45, 2.75) is 71.1 Å². The average molecular weight is 529 g/mol. The number of amides is 1. The maximum absolute atomic E-state index is 14.3. The number of benzene rings is 1. The fraction of sp³-hybridized carbons (Fsp3) is 0.500. The van der Waals surface area contributed by atoms with Gasteiger partial charge in [0.05, 0.1) is 11.7 Å². The Kier molecular flexibility index (Phi) is 6.06. The third-order valence-corrected chi connectivity index (χ3v) is 9.99. The number of hydrogen-bond acceptors (Lipinski definition) is 5. The summed E-state index contributed by atoms with van der Waals surface area (Å²) in [4.78, 5) is 57.3. The Bertz CT molecular complexity index is 1450. The predicted octanol–water partition coefficient (Wildman–Crippen LogP) is 4.26. The number of epoxide rings is 1. The van der Waals surface area contributed by atoms with E-state index in [1.807, 2.05) is 49.5 Å². The van der Waals surface area contributed by atoms with Gasteiger partial charge in [-0.15, -0.1) is 0 Å². The first-order valence-electron chi connectivity index (χ1n) is 14.1. The molecule has 1 aromatic heterocycles. The molecule has 2 aliphatic heterocycles. The summed E-state index contributed by atoms with van der Waals surface area (Å²) in [5, 5.41) is 4.34. The van der Waals surface area contributed by atoms with Crippen LogP contribution < -0.4 is 5.32 Å². The van der Waals surface area contributed by atoms with Gasteiger partial charge < -0.3 is 15.0 Å². The lowest BCUT2D eigenvalue weighted by molar-refractivity contribution is -0.149. The van der Waals surface area contributed by atoms with Gasteiger partial charge in [-0.05, 0) is 55.7 Å². The zero-order valence-electron chi connectivity index (χ0n) is 23.0. The molecule has 2 N–H and O–H groups in total. The molecule has 1 aromatic carbocycles. The van der Waals surface area contributed by atoms with Crippen molar-refractivity contribution in [2.24, 2.45) is 29.1 Å². The zero-order valence-corrected chi connectivity index (χ0v) is 23.0. The summed E-state index contributed by atoms with van der Waals surface area (Å²) < 4.78 is 6.34. The number of rotatable bonds is 2. The topological polar surface area (TPSA) is 109 Å². The van der Waals surface area contributed by atoms with Crippen LogP contribution in [-0.4, -0.2) is 46.0 Å². The van der Waals surface area contributed by atoms with Crippen LogP contribution in [0.2, 0.25) is 0 Å². The number of allylic oxidation sites excluding steroid dienone is 3. The van der Waals surface area contributed by atoms with Crippen molar-refractivity contribution in [1.29, 1.82) is 0 Å². The van der Waals surface area contributed by atoms with Crippen molar-refractivity contribution >= 4 is 34.2 Å². The number of ether oxygens (including phenoxy) is 1. The number of fused-ring (bicyclic) bond motifs is 3. The highest BCUT2D eigenvalue weighted by atomic mass is 16.6. The lowest BCUT2D eigenvalue weighted by atomic mass is 9.51. The maximum atomic E-state index is 14.3. The van der Waals surface area contributed by atoms with Crippen LogP contribution in [0.15, 0.2) is 54.3 Å². The second kappa shape index (κ2) is 9.12. The molecule has 1 spiro atoms. The molecular weight excluding hydrogens is 492 g/mol. The molecule has 0 unspecified atom stereocenters. The molecule has 4 aliphatic rings. The van der Waals surface area contributed by atoms with Crippen molar-refractivity contribution < 1.29 is 23.9 Å². The highest BCUT2D eigenvalue weighted by molar-refractivity contribution is 6.43. The molecule has 39 heavy (non-hydrogen) atoms. The van der Waals surface area contributed by atoms with E-state index in [2.05, 4.69) is 30.2 Å². The first-order chi connectivity index (χ1) is 18.6. The molecule has 6 rings (SSSR count). The van der Waals surface area contributed by atoms with Crippen LogP contribution in [0.4, 0.5) is 0 Å². The van der Waals surface area contributed by atoms with Crippen LogP contribution in [0.3, 0.4) is 0 Å². The highest BCUT2D eigenvalue weighted by Gasteiger charge is 2.78. The van der Waals surface area contributed by atoms with Crippen molar-refractivity contribution in [1.82, 2.24) is 10.3 Å². The van der Waals surface area contributed by atoms with Gasteiger partial charge in [0, 0.05) is 47.8 Å². The predicted molar refractivity (Wildman–Crippen MR) is 147 cm³/mol. The summed E-state index contributed by atoms with van der Waals surface area (Å²) >= 11 is 0. The minimum atomic E-state index is -1.35. The van der Waals surface area contributed by atoms with E-state index in [1.54, 1.807) is 6.92 Å². The number of para-hydroxylation sites is 1. The number of ketones is 3. The van der Waals surface area contributed by atoms with Crippen LogP contribution in [0.25, 0.3) is 10.9 Å². The van der Waals surface area contributed by atoms with Crippen LogP contribution in [0, 0.1) is 29.1 Å². The Morgan fingerprint density at radius 3 is 2.64 bits per heavy atom. The zero-order chi connectivity index (χ0) is 27.7. The van der Waals surface area contributed by atoms with E-state index in [9.17, 15) is 19.2 Å².